The fraction of sp³-hybridized carbons (Fsp3) is 0.478. The van der Waals surface area contributed by atoms with Gasteiger partial charge in [-0.25, -0.2) is 23.9 Å². The second-order valence-corrected chi connectivity index (χ2v) is 8.25. The predicted octanol–water partition coefficient (Wildman–Crippen LogP) is 4.18. The van der Waals surface area contributed by atoms with Crippen molar-refractivity contribution in [2.75, 3.05) is 18.6 Å². The molecule has 0 bridgehead atoms. The molecule has 32 heavy (non-hydrogen) atoms. The van der Waals surface area contributed by atoms with Crippen LogP contribution in [0.4, 0.5) is 10.3 Å². The van der Waals surface area contributed by atoms with Crippen LogP contribution < -0.4 is 5.32 Å². The van der Waals surface area contributed by atoms with Gasteiger partial charge in [0.1, 0.15) is 18.0 Å². The molecule has 1 fully saturated rings. The molecule has 1 N–H and O–H groups in total. The van der Waals surface area contributed by atoms with E-state index in [-0.39, 0.29) is 6.54 Å². The first-order valence-electron chi connectivity index (χ1n) is 11.3. The maximum Gasteiger partial charge on any atom is 0.241 e. The first-order valence-corrected chi connectivity index (χ1v) is 11.3. The SMILES string of the molecule is CCOC1CCC(Nc2ncc3c(-c4ccc5nc(C)n(CCF)c5n4)ccn3n2)CC1. The Balaban J connectivity index is 1.38. The van der Waals surface area contributed by atoms with Gasteiger partial charge in [-0.15, -0.1) is 5.10 Å². The van der Waals surface area contributed by atoms with E-state index in [2.05, 4.69) is 20.4 Å². The van der Waals surface area contributed by atoms with Crippen molar-refractivity contribution >= 4 is 22.6 Å². The number of halogens is 1. The number of rotatable bonds is 7. The van der Waals surface area contributed by atoms with Gasteiger partial charge in [0.15, 0.2) is 5.65 Å². The Hall–Kier alpha value is -3.07. The van der Waals surface area contributed by atoms with E-state index in [1.807, 2.05) is 53.5 Å². The summed E-state index contributed by atoms with van der Waals surface area (Å²) in [4.78, 5) is 13.8. The third-order valence-corrected chi connectivity index (χ3v) is 6.19. The zero-order valence-corrected chi connectivity index (χ0v) is 18.5. The van der Waals surface area contributed by atoms with Gasteiger partial charge in [0.2, 0.25) is 5.95 Å². The van der Waals surface area contributed by atoms with Crippen molar-refractivity contribution in [1.82, 2.24) is 29.1 Å². The molecule has 0 unspecified atom stereocenters. The molecule has 1 saturated carbocycles. The molecule has 0 aromatic carbocycles. The van der Waals surface area contributed by atoms with E-state index in [4.69, 9.17) is 9.72 Å². The van der Waals surface area contributed by atoms with Crippen LogP contribution in [0.25, 0.3) is 27.9 Å². The van der Waals surface area contributed by atoms with Crippen LogP contribution in [0.2, 0.25) is 0 Å². The molecule has 0 atom stereocenters. The average molecular weight is 438 g/mol. The predicted molar refractivity (Wildman–Crippen MR) is 122 cm³/mol. The Morgan fingerprint density at radius 3 is 2.78 bits per heavy atom. The molecular weight excluding hydrogens is 409 g/mol. The zero-order chi connectivity index (χ0) is 22.1. The summed E-state index contributed by atoms with van der Waals surface area (Å²) in [6.07, 6.45) is 8.36. The number of anilines is 1. The van der Waals surface area contributed by atoms with E-state index < -0.39 is 6.67 Å². The number of nitrogens with zero attached hydrogens (tertiary/aromatic N) is 6. The summed E-state index contributed by atoms with van der Waals surface area (Å²) >= 11 is 0. The normalized spacial score (nSPS) is 19.1. The molecule has 0 spiro atoms. The van der Waals surface area contributed by atoms with Crippen LogP contribution in [0.5, 0.6) is 0 Å². The number of imidazole rings is 1. The highest BCUT2D eigenvalue weighted by Crippen LogP contribution is 2.27. The van der Waals surface area contributed by atoms with E-state index >= 15 is 0 Å². The Morgan fingerprint density at radius 1 is 1.16 bits per heavy atom. The van der Waals surface area contributed by atoms with Gasteiger partial charge in [0.25, 0.3) is 0 Å². The quantitative estimate of drug-likeness (QED) is 0.467. The van der Waals surface area contributed by atoms with Gasteiger partial charge >= 0.3 is 0 Å². The molecule has 0 saturated heterocycles. The third-order valence-electron chi connectivity index (χ3n) is 6.19. The highest BCUT2D eigenvalue weighted by Gasteiger charge is 2.22. The highest BCUT2D eigenvalue weighted by molar-refractivity contribution is 5.82. The van der Waals surface area contributed by atoms with Gasteiger partial charge in [-0.2, -0.15) is 0 Å². The van der Waals surface area contributed by atoms with Gasteiger partial charge in [-0.1, -0.05) is 0 Å². The lowest BCUT2D eigenvalue weighted by Crippen LogP contribution is -2.30. The van der Waals surface area contributed by atoms with Crippen molar-refractivity contribution in [1.29, 1.82) is 0 Å². The van der Waals surface area contributed by atoms with Crippen molar-refractivity contribution in [3.05, 3.63) is 36.4 Å². The second kappa shape index (κ2) is 8.82. The van der Waals surface area contributed by atoms with Gasteiger partial charge in [0, 0.05) is 24.4 Å². The van der Waals surface area contributed by atoms with E-state index in [0.29, 0.717) is 23.7 Å². The summed E-state index contributed by atoms with van der Waals surface area (Å²) in [6.45, 7) is 4.49. The molecule has 0 aliphatic heterocycles. The van der Waals surface area contributed by atoms with Crippen molar-refractivity contribution in [3.63, 3.8) is 0 Å². The van der Waals surface area contributed by atoms with Crippen LogP contribution in [0.15, 0.2) is 30.6 Å². The number of alkyl halides is 1. The van der Waals surface area contributed by atoms with Crippen molar-refractivity contribution in [2.45, 2.75) is 58.2 Å². The molecule has 168 valence electrons. The molecule has 1 aliphatic carbocycles. The fourth-order valence-corrected chi connectivity index (χ4v) is 4.59. The van der Waals surface area contributed by atoms with Gasteiger partial charge < -0.3 is 14.6 Å². The first-order chi connectivity index (χ1) is 15.7. The number of nitrogens with one attached hydrogen (secondary N) is 1. The van der Waals surface area contributed by atoms with E-state index in [1.165, 1.54) is 0 Å². The lowest BCUT2D eigenvalue weighted by atomic mass is 9.93. The van der Waals surface area contributed by atoms with E-state index in [0.717, 1.165) is 60.4 Å². The average Bonchev–Trinajstić information content (AvgIpc) is 3.36. The van der Waals surface area contributed by atoms with Crippen LogP contribution in [-0.2, 0) is 11.3 Å². The monoisotopic (exact) mass is 437 g/mol. The van der Waals surface area contributed by atoms with Gasteiger partial charge in [-0.05, 0) is 57.7 Å². The van der Waals surface area contributed by atoms with Crippen LogP contribution in [0.3, 0.4) is 0 Å². The molecule has 4 heterocycles. The minimum absolute atomic E-state index is 0.250. The summed E-state index contributed by atoms with van der Waals surface area (Å²) in [5.41, 5.74) is 4.06. The number of ether oxygens (including phenoxy) is 1. The third kappa shape index (κ3) is 3.92. The van der Waals surface area contributed by atoms with Crippen molar-refractivity contribution < 1.29 is 9.13 Å². The Bertz CT molecular complexity index is 1230. The molecule has 4 aromatic heterocycles. The number of pyridine rings is 1. The maximum atomic E-state index is 13.0. The summed E-state index contributed by atoms with van der Waals surface area (Å²) in [5.74, 6) is 1.39. The first kappa shape index (κ1) is 20.8. The number of hydrogen-bond acceptors (Lipinski definition) is 6. The molecular formula is C23H28FN7O. The van der Waals surface area contributed by atoms with Crippen LogP contribution in [0, 0.1) is 6.92 Å². The largest absolute Gasteiger partial charge is 0.379 e. The van der Waals surface area contributed by atoms with E-state index in [1.54, 1.807) is 0 Å². The standard InChI is InChI=1S/C23H28FN7O/c1-3-32-17-6-4-16(5-7-17)27-23-25-14-21-18(10-12-31(21)29-23)19-8-9-20-22(28-19)30(13-11-24)15(2)26-20/h8-10,12,14,16-17H,3-7,11,13H2,1-2H3,(H,27,29). The summed E-state index contributed by atoms with van der Waals surface area (Å²) in [7, 11) is 0. The summed E-state index contributed by atoms with van der Waals surface area (Å²) in [5, 5.41) is 8.12. The number of fused-ring (bicyclic) bond motifs is 2. The number of aryl methyl sites for hydroxylation is 2. The highest BCUT2D eigenvalue weighted by atomic mass is 19.1. The van der Waals surface area contributed by atoms with Gasteiger partial charge in [0.05, 0.1) is 30.1 Å². The van der Waals surface area contributed by atoms with E-state index in [9.17, 15) is 4.39 Å². The Labute approximate surface area is 185 Å². The summed E-state index contributed by atoms with van der Waals surface area (Å²) < 4.78 is 22.4. The lowest BCUT2D eigenvalue weighted by molar-refractivity contribution is 0.0346. The van der Waals surface area contributed by atoms with Gasteiger partial charge in [-0.3, -0.25) is 0 Å². The van der Waals surface area contributed by atoms with Crippen LogP contribution in [-0.4, -0.2) is 54.6 Å². The maximum absolute atomic E-state index is 13.0. The Morgan fingerprint density at radius 2 is 2.00 bits per heavy atom. The topological polar surface area (TPSA) is 82.2 Å². The molecule has 4 aromatic rings. The van der Waals surface area contributed by atoms with Crippen molar-refractivity contribution in [3.8, 4) is 11.3 Å². The molecule has 0 radical (unpaired) electrons. The summed E-state index contributed by atoms with van der Waals surface area (Å²) in [6, 6.07) is 6.21. The molecule has 8 nitrogen and oxygen atoms in total. The molecule has 5 rings (SSSR count). The smallest absolute Gasteiger partial charge is 0.241 e. The number of hydrogen-bond donors (Lipinski definition) is 1. The lowest BCUT2D eigenvalue weighted by Gasteiger charge is -2.28. The molecule has 0 amide bonds. The van der Waals surface area contributed by atoms with Crippen molar-refractivity contribution in [2.24, 2.45) is 0 Å². The molecule has 9 heteroatoms. The Kier molecular flexibility index (Phi) is 5.73. The molecule has 1 aliphatic rings. The minimum Gasteiger partial charge on any atom is -0.379 e. The van der Waals surface area contributed by atoms with Crippen LogP contribution in [0.1, 0.15) is 38.4 Å². The van der Waals surface area contributed by atoms with Crippen LogP contribution >= 0.6 is 0 Å². The number of aromatic nitrogens is 6. The second-order valence-electron chi connectivity index (χ2n) is 8.25. The minimum atomic E-state index is -0.454. The zero-order valence-electron chi connectivity index (χ0n) is 18.5. The fourth-order valence-electron chi connectivity index (χ4n) is 4.59.